The first-order chi connectivity index (χ1) is 5.38. The first-order valence-electron chi connectivity index (χ1n) is 4.27. The average Bonchev–Trinajstić information content (AvgIpc) is 2.52. The van der Waals surface area contributed by atoms with Crippen LogP contribution in [0, 0.1) is 6.08 Å². The normalized spacial score (nSPS) is 14.6. The Morgan fingerprint density at radius 1 is 1.43 bits per heavy atom. The smallest absolute Gasteiger partial charge is 1.00 e. The molecule has 0 aromatic heterocycles. The van der Waals surface area contributed by atoms with Gasteiger partial charge in [-0.25, -0.2) is 6.08 Å². The van der Waals surface area contributed by atoms with Gasteiger partial charge in [0.25, 0.3) is 0 Å². The van der Waals surface area contributed by atoms with Crippen molar-refractivity contribution >= 4 is 0 Å². The Bertz CT molecular complexity index is 181. The van der Waals surface area contributed by atoms with Gasteiger partial charge in [-0.2, -0.15) is 11.6 Å². The average molecular weight is 270 g/mol. The van der Waals surface area contributed by atoms with Gasteiger partial charge in [-0.3, -0.25) is 6.08 Å². The third-order valence-corrected chi connectivity index (χ3v) is 1.81. The molecule has 0 saturated heterocycles. The zero-order valence-electron chi connectivity index (χ0n) is 8.52. The van der Waals surface area contributed by atoms with Gasteiger partial charge in [0, 0.05) is 12.7 Å². The van der Waals surface area contributed by atoms with E-state index in [2.05, 4.69) is 25.2 Å². The minimum Gasteiger partial charge on any atom is -1.00 e. The van der Waals surface area contributed by atoms with E-state index < -0.39 is 0 Å². The van der Waals surface area contributed by atoms with Crippen LogP contribution in [0.2, 0.25) is 0 Å². The molecule has 14 heavy (non-hydrogen) atoms. The van der Waals surface area contributed by atoms with Crippen molar-refractivity contribution in [1.82, 2.24) is 0 Å². The van der Waals surface area contributed by atoms with Gasteiger partial charge < -0.3 is 29.6 Å². The molecule has 79 valence electrons. The third kappa shape index (κ3) is 6.26. The quantitative estimate of drug-likeness (QED) is 0.380. The maximum atomic E-state index is 5.52. The molecular formula is C10H15Cl2OTi. The number of hydrogen-bond acceptors (Lipinski definition) is 1. The van der Waals surface area contributed by atoms with Gasteiger partial charge in [0.05, 0.1) is 0 Å². The molecule has 0 spiro atoms. The van der Waals surface area contributed by atoms with Crippen LogP contribution in [0.15, 0.2) is 17.7 Å². The third-order valence-electron chi connectivity index (χ3n) is 1.81. The molecule has 0 amide bonds. The molecule has 1 atom stereocenters. The van der Waals surface area contributed by atoms with Crippen molar-refractivity contribution in [2.75, 3.05) is 6.61 Å². The summed E-state index contributed by atoms with van der Waals surface area (Å²) in [5, 5.41) is 0. The first-order valence-corrected chi connectivity index (χ1v) is 4.27. The largest absolute Gasteiger partial charge is 3.00 e. The van der Waals surface area contributed by atoms with Crippen LogP contribution in [0.3, 0.4) is 0 Å². The second-order valence-electron chi connectivity index (χ2n) is 2.59. The van der Waals surface area contributed by atoms with Gasteiger partial charge in [0.15, 0.2) is 0 Å². The standard InChI is InChI=1S/C10H15O.2ClH.Ti/c1-3-10(11-4-2)9-7-5-6-8-9;;;/h5,7,10H,3-4,6H2,1-2H3;2*1H;/q-1;;;+3/p-2. The van der Waals surface area contributed by atoms with Crippen LogP contribution in [0.4, 0.5) is 0 Å². The zero-order valence-corrected chi connectivity index (χ0v) is 11.6. The molecule has 0 saturated carbocycles. The molecule has 1 rings (SSSR count). The fourth-order valence-corrected chi connectivity index (χ4v) is 1.27. The van der Waals surface area contributed by atoms with Gasteiger partial charge in [-0.15, -0.1) is 6.42 Å². The van der Waals surface area contributed by atoms with Crippen LogP contribution in [0.25, 0.3) is 0 Å². The number of allylic oxidation sites excluding steroid dienone is 2. The van der Waals surface area contributed by atoms with Crippen LogP contribution in [0.5, 0.6) is 0 Å². The Kier molecular flexibility index (Phi) is 17.0. The predicted molar refractivity (Wildman–Crippen MR) is 46.2 cm³/mol. The van der Waals surface area contributed by atoms with Crippen LogP contribution in [0.1, 0.15) is 26.7 Å². The van der Waals surface area contributed by atoms with E-state index in [1.807, 2.05) is 6.92 Å². The van der Waals surface area contributed by atoms with Crippen LogP contribution >= 0.6 is 0 Å². The van der Waals surface area contributed by atoms with E-state index in [9.17, 15) is 0 Å². The summed E-state index contributed by atoms with van der Waals surface area (Å²) in [5.74, 6) is 0. The Hall–Kier alpha value is 0.734. The van der Waals surface area contributed by atoms with E-state index in [1.54, 1.807) is 0 Å². The van der Waals surface area contributed by atoms with Gasteiger partial charge in [-0.1, -0.05) is 6.92 Å². The second-order valence-corrected chi connectivity index (χ2v) is 2.59. The van der Waals surface area contributed by atoms with E-state index in [0.717, 1.165) is 19.4 Å². The summed E-state index contributed by atoms with van der Waals surface area (Å²) in [5.41, 5.74) is 1.23. The van der Waals surface area contributed by atoms with Gasteiger partial charge in [-0.05, 0) is 13.3 Å². The fraction of sp³-hybridized carbons (Fsp3) is 0.600. The molecule has 1 nitrogen and oxygen atoms in total. The van der Waals surface area contributed by atoms with Gasteiger partial charge in [0.1, 0.15) is 0 Å². The summed E-state index contributed by atoms with van der Waals surface area (Å²) in [4.78, 5) is 0. The van der Waals surface area contributed by atoms with Crippen LogP contribution in [-0.2, 0) is 26.5 Å². The topological polar surface area (TPSA) is 9.23 Å². The molecule has 0 fully saturated rings. The first kappa shape index (κ1) is 20.2. The van der Waals surface area contributed by atoms with Crippen molar-refractivity contribution < 1.29 is 51.3 Å². The monoisotopic (exact) mass is 269 g/mol. The van der Waals surface area contributed by atoms with E-state index in [-0.39, 0.29) is 52.6 Å². The summed E-state index contributed by atoms with van der Waals surface area (Å²) in [6.45, 7) is 4.96. The molecule has 1 aliphatic carbocycles. The number of rotatable bonds is 4. The SMILES string of the molecule is CCOC(CC)C1=[C-]CC=C1.[Cl-].[Cl-].[Ti+3]. The van der Waals surface area contributed by atoms with Crippen LogP contribution < -0.4 is 24.8 Å². The molecule has 1 radical (unpaired) electrons. The van der Waals surface area contributed by atoms with Gasteiger partial charge in [0.2, 0.25) is 0 Å². The molecule has 0 aromatic carbocycles. The van der Waals surface area contributed by atoms with Crippen LogP contribution in [-0.4, -0.2) is 12.7 Å². The van der Waals surface area contributed by atoms with Gasteiger partial charge >= 0.3 is 21.7 Å². The molecule has 1 unspecified atom stereocenters. The molecule has 0 bridgehead atoms. The van der Waals surface area contributed by atoms with E-state index >= 15 is 0 Å². The minimum absolute atomic E-state index is 0. The zero-order chi connectivity index (χ0) is 8.10. The maximum Gasteiger partial charge on any atom is 3.00 e. The summed E-state index contributed by atoms with van der Waals surface area (Å²) >= 11 is 0. The van der Waals surface area contributed by atoms with Crippen molar-refractivity contribution in [1.29, 1.82) is 0 Å². The predicted octanol–water partition coefficient (Wildman–Crippen LogP) is -3.50. The van der Waals surface area contributed by atoms with Crippen molar-refractivity contribution in [3.63, 3.8) is 0 Å². The summed E-state index contributed by atoms with van der Waals surface area (Å²) < 4.78 is 5.52. The molecule has 0 aromatic rings. The molecule has 0 heterocycles. The summed E-state index contributed by atoms with van der Waals surface area (Å²) in [7, 11) is 0. The van der Waals surface area contributed by atoms with E-state index in [4.69, 9.17) is 4.74 Å². The summed E-state index contributed by atoms with van der Waals surface area (Å²) in [6.07, 6.45) is 9.79. The fourth-order valence-electron chi connectivity index (χ4n) is 1.27. The number of hydrogen-bond donors (Lipinski definition) is 0. The van der Waals surface area contributed by atoms with Crippen molar-refractivity contribution in [3.05, 3.63) is 23.8 Å². The van der Waals surface area contributed by atoms with Crippen molar-refractivity contribution in [2.24, 2.45) is 0 Å². The summed E-state index contributed by atoms with van der Waals surface area (Å²) in [6, 6.07) is 0. The molecule has 4 heteroatoms. The Morgan fingerprint density at radius 3 is 2.43 bits per heavy atom. The molecule has 0 aliphatic heterocycles. The van der Waals surface area contributed by atoms with E-state index in [0.29, 0.717) is 0 Å². The molecule has 1 aliphatic rings. The molecular weight excluding hydrogens is 255 g/mol. The Balaban J connectivity index is -0.000000403. The van der Waals surface area contributed by atoms with E-state index in [1.165, 1.54) is 5.57 Å². The molecule has 0 N–H and O–H groups in total. The number of ether oxygens (including phenoxy) is 1. The van der Waals surface area contributed by atoms with Crippen molar-refractivity contribution in [2.45, 2.75) is 32.8 Å². The minimum atomic E-state index is 0. The Labute approximate surface area is 114 Å². The van der Waals surface area contributed by atoms with Crippen molar-refractivity contribution in [3.8, 4) is 0 Å². The maximum absolute atomic E-state index is 5.52. The number of halogens is 2. The second kappa shape index (κ2) is 11.8. The Morgan fingerprint density at radius 2 is 2.07 bits per heavy atom.